The number of esters is 4. The quantitative estimate of drug-likeness (QED) is 0.0383. The third-order valence-electron chi connectivity index (χ3n) is 11.8. The normalized spacial score (nSPS) is 12.8. The Labute approximate surface area is 397 Å². The third kappa shape index (κ3) is 16.1. The highest BCUT2D eigenvalue weighted by Gasteiger charge is 2.26. The van der Waals surface area contributed by atoms with E-state index in [1.807, 2.05) is 48.5 Å². The van der Waals surface area contributed by atoms with Gasteiger partial charge < -0.3 is 18.9 Å². The molecule has 0 amide bonds. The van der Waals surface area contributed by atoms with Gasteiger partial charge >= 0.3 is 26.7 Å². The second-order valence-electron chi connectivity index (χ2n) is 18.8. The van der Waals surface area contributed by atoms with E-state index in [0.717, 1.165) is 60.3 Å². The molecule has 2 atom stereocenters. The number of benzene rings is 4. The maximum absolute atomic E-state index is 13.0. The highest BCUT2D eigenvalue weighted by Crippen LogP contribution is 2.38. The standard InChI is InChI=1S/C56H74N2O8/c1-37(2)55(61)65-51-25-23-43(33-49(51)47(45-19-15-13-16-20-45)29-31-57(39(5)6)40(7)8)35-63-53(59)27-28-54(60)64-36-44-24-26-52(66-56(62)38(3)4)50(34-44)48(46-21-17-14-18-22-46)30-32-58(41(9)10)42(11)12/h13-28,33-34,37-42,47-48H,29-32,35-36H2,1-12H3/p+2/b28-27+/t47-,48-/m1/s1. The lowest BCUT2D eigenvalue weighted by atomic mass is 9.86. The van der Waals surface area contributed by atoms with Crippen LogP contribution >= 0.6 is 0 Å². The van der Waals surface area contributed by atoms with Crippen molar-refractivity contribution in [3.05, 3.63) is 143 Å². The maximum Gasteiger partial charge on any atom is 1.00 e. The van der Waals surface area contributed by atoms with Gasteiger partial charge in [-0.25, -0.2) is 9.59 Å². The number of nitrogens with zero attached hydrogens (tertiary/aromatic N) is 2. The van der Waals surface area contributed by atoms with Gasteiger partial charge in [0.15, 0.2) is 0 Å². The number of rotatable bonds is 24. The molecule has 356 valence electrons. The van der Waals surface area contributed by atoms with Crippen LogP contribution in [-0.2, 0) is 41.9 Å². The summed E-state index contributed by atoms with van der Waals surface area (Å²) in [6.07, 6.45) is 3.64. The summed E-state index contributed by atoms with van der Waals surface area (Å²) in [5.74, 6) is -2.02. The van der Waals surface area contributed by atoms with Crippen LogP contribution in [0.2, 0.25) is 0 Å². The summed E-state index contributed by atoms with van der Waals surface area (Å²) in [4.78, 5) is 56.7. The van der Waals surface area contributed by atoms with Crippen LogP contribution in [0, 0.1) is 11.8 Å². The molecule has 10 nitrogen and oxygen atoms in total. The topological polar surface area (TPSA) is 112 Å². The van der Waals surface area contributed by atoms with Gasteiger partial charge in [-0.1, -0.05) is 100 Å². The summed E-state index contributed by atoms with van der Waals surface area (Å²) < 4.78 is 23.2. The van der Waals surface area contributed by atoms with Gasteiger partial charge in [0.2, 0.25) is 0 Å². The lowest BCUT2D eigenvalue weighted by Gasteiger charge is -2.32. The molecule has 0 spiro atoms. The van der Waals surface area contributed by atoms with E-state index in [1.54, 1.807) is 52.0 Å². The molecule has 4 rings (SSSR count). The average molecular weight is 905 g/mol. The zero-order valence-corrected chi connectivity index (χ0v) is 41.4. The smallest absolute Gasteiger partial charge is 0.458 e. The van der Waals surface area contributed by atoms with Crippen molar-refractivity contribution in [3.63, 3.8) is 0 Å². The Morgan fingerprint density at radius 2 is 0.818 bits per heavy atom. The van der Waals surface area contributed by atoms with E-state index in [9.17, 15) is 19.2 Å². The van der Waals surface area contributed by atoms with Crippen molar-refractivity contribution in [1.82, 2.24) is 9.80 Å². The average Bonchev–Trinajstić information content (AvgIpc) is 3.28. The van der Waals surface area contributed by atoms with Gasteiger partial charge in [-0.05, 0) is 128 Å². The zero-order valence-electron chi connectivity index (χ0n) is 43.4. The molecule has 0 saturated carbocycles. The van der Waals surface area contributed by atoms with Crippen LogP contribution in [-0.4, -0.2) is 70.9 Å². The molecular weight excluding hydrogens is 829 g/mol. The Morgan fingerprint density at radius 3 is 1.12 bits per heavy atom. The van der Waals surface area contributed by atoms with Crippen molar-refractivity contribution in [2.45, 2.75) is 145 Å². The Kier molecular flexibility index (Phi) is 20.8. The molecule has 0 heterocycles. The summed E-state index contributed by atoms with van der Waals surface area (Å²) in [6.45, 7) is 26.2. The first-order valence-electron chi connectivity index (χ1n) is 23.7. The predicted octanol–water partition coefficient (Wildman–Crippen LogP) is 11.7. The van der Waals surface area contributed by atoms with Gasteiger partial charge in [-0.15, -0.1) is 0 Å². The fourth-order valence-electron chi connectivity index (χ4n) is 8.26. The first-order chi connectivity index (χ1) is 31.4. The molecule has 10 heteroatoms. The fraction of sp³-hybridized carbons (Fsp3) is 0.464. The SMILES string of the molecule is CC(C)C(=O)Oc1ccc(COC(=O)/C=C/C(=O)OCc2ccc(OC(=O)C(C)C)c([C@H](CCN(C(C)C)C(C)C)c3ccccc3)c2)cc1[C@H](CCN(C(C)C)C(C)C)c1ccccc1.[H+].[H+]. The fourth-order valence-corrected chi connectivity index (χ4v) is 8.26. The van der Waals surface area contributed by atoms with Crippen molar-refractivity contribution >= 4 is 23.9 Å². The molecule has 0 bridgehead atoms. The molecule has 4 aromatic rings. The monoisotopic (exact) mass is 905 g/mol. The number of hydrogen-bond acceptors (Lipinski definition) is 10. The minimum absolute atomic E-state index is 0. The summed E-state index contributed by atoms with van der Waals surface area (Å²) in [7, 11) is 0. The van der Waals surface area contributed by atoms with Crippen LogP contribution in [0.15, 0.2) is 109 Å². The van der Waals surface area contributed by atoms with Gasteiger partial charge in [0, 0.05) is 59.3 Å². The van der Waals surface area contributed by atoms with E-state index in [-0.39, 0.29) is 51.7 Å². The maximum atomic E-state index is 13.0. The van der Waals surface area contributed by atoms with Crippen molar-refractivity contribution < 1.29 is 41.0 Å². The molecule has 0 N–H and O–H groups in total. The minimum atomic E-state index is -0.714. The van der Waals surface area contributed by atoms with Crippen molar-refractivity contribution in [2.75, 3.05) is 13.1 Å². The van der Waals surface area contributed by atoms with Crippen LogP contribution in [0.1, 0.15) is 144 Å². The number of hydrogen-bond donors (Lipinski definition) is 0. The lowest BCUT2D eigenvalue weighted by molar-refractivity contribution is -0.141. The van der Waals surface area contributed by atoms with Crippen LogP contribution in [0.5, 0.6) is 11.5 Å². The first-order valence-corrected chi connectivity index (χ1v) is 23.7. The summed E-state index contributed by atoms with van der Waals surface area (Å²) in [5, 5.41) is 0. The largest absolute Gasteiger partial charge is 1.00 e. The third-order valence-corrected chi connectivity index (χ3v) is 11.8. The van der Waals surface area contributed by atoms with E-state index >= 15 is 0 Å². The molecule has 0 fully saturated rings. The molecule has 66 heavy (non-hydrogen) atoms. The Morgan fingerprint density at radius 1 is 0.485 bits per heavy atom. The second kappa shape index (κ2) is 25.9. The summed E-state index contributed by atoms with van der Waals surface area (Å²) in [5.41, 5.74) is 5.23. The molecule has 0 aromatic heterocycles. The van der Waals surface area contributed by atoms with Crippen LogP contribution < -0.4 is 9.47 Å². The van der Waals surface area contributed by atoms with Crippen LogP contribution in [0.25, 0.3) is 0 Å². The molecule has 0 unspecified atom stereocenters. The number of carbonyl (C=O) groups is 4. The Hall–Kier alpha value is -5.58. The minimum Gasteiger partial charge on any atom is -0.458 e. The van der Waals surface area contributed by atoms with Crippen LogP contribution in [0.4, 0.5) is 0 Å². The van der Waals surface area contributed by atoms with Crippen LogP contribution in [0.3, 0.4) is 0 Å². The van der Waals surface area contributed by atoms with Crippen molar-refractivity contribution in [1.29, 1.82) is 0 Å². The summed E-state index contributed by atoms with van der Waals surface area (Å²) >= 11 is 0. The number of ether oxygens (including phenoxy) is 4. The van der Waals surface area contributed by atoms with Gasteiger partial charge in [-0.2, -0.15) is 0 Å². The second-order valence-corrected chi connectivity index (χ2v) is 18.8. The van der Waals surface area contributed by atoms with Crippen molar-refractivity contribution in [2.24, 2.45) is 11.8 Å². The van der Waals surface area contributed by atoms with E-state index in [1.165, 1.54) is 0 Å². The molecule has 0 aliphatic rings. The van der Waals surface area contributed by atoms with Crippen molar-refractivity contribution in [3.8, 4) is 11.5 Å². The predicted molar refractivity (Wildman–Crippen MR) is 265 cm³/mol. The lowest BCUT2D eigenvalue weighted by Crippen LogP contribution is -2.38. The molecule has 0 saturated heterocycles. The van der Waals surface area contributed by atoms with Gasteiger partial charge in [-0.3, -0.25) is 19.4 Å². The Balaban J connectivity index is 0.00000793. The Bertz CT molecular complexity index is 2040. The van der Waals surface area contributed by atoms with Gasteiger partial charge in [0.1, 0.15) is 24.7 Å². The highest BCUT2D eigenvalue weighted by molar-refractivity contribution is 5.91. The van der Waals surface area contributed by atoms with E-state index in [0.29, 0.717) is 46.8 Å². The molecule has 0 radical (unpaired) electrons. The number of carbonyl (C=O) groups excluding carboxylic acids is 4. The van der Waals surface area contributed by atoms with E-state index in [2.05, 4.69) is 89.5 Å². The molecular formula is C56H76N2O8+2. The van der Waals surface area contributed by atoms with Gasteiger partial charge in [0.25, 0.3) is 0 Å². The van der Waals surface area contributed by atoms with E-state index in [4.69, 9.17) is 18.9 Å². The van der Waals surface area contributed by atoms with E-state index < -0.39 is 11.9 Å². The molecule has 4 aromatic carbocycles. The first kappa shape index (κ1) is 53.0. The molecule has 0 aliphatic carbocycles. The highest BCUT2D eigenvalue weighted by atomic mass is 16.5. The zero-order chi connectivity index (χ0) is 48.5. The van der Waals surface area contributed by atoms with Gasteiger partial charge in [0.05, 0.1) is 11.8 Å². The molecule has 0 aliphatic heterocycles. The summed E-state index contributed by atoms with van der Waals surface area (Å²) in [6, 6.07) is 32.7.